The number of primary amides is 1. The van der Waals surface area contributed by atoms with Crippen molar-refractivity contribution in [3.8, 4) is 0 Å². The maximum absolute atomic E-state index is 12.1. The summed E-state index contributed by atoms with van der Waals surface area (Å²) in [7, 11) is 0. The molecule has 1 amide bonds. The van der Waals surface area contributed by atoms with Crippen molar-refractivity contribution in [3.05, 3.63) is 71.4 Å². The summed E-state index contributed by atoms with van der Waals surface area (Å²) < 4.78 is 10.1. The van der Waals surface area contributed by atoms with Crippen LogP contribution in [0.25, 0.3) is 0 Å². The van der Waals surface area contributed by atoms with Gasteiger partial charge in [0.25, 0.3) is 0 Å². The number of carboxylic acid groups (broad SMARTS) is 1. The molecule has 14 heteroatoms. The molecule has 0 aliphatic heterocycles. The highest BCUT2D eigenvalue weighted by Gasteiger charge is 2.36. The van der Waals surface area contributed by atoms with Gasteiger partial charge in [0, 0.05) is 29.9 Å². The number of amides is 1. The van der Waals surface area contributed by atoms with Crippen LogP contribution in [-0.4, -0.2) is 96.8 Å². The van der Waals surface area contributed by atoms with Crippen molar-refractivity contribution in [2.24, 2.45) is 17.6 Å². The number of rotatable bonds is 18. The number of aliphatic carboxylic acids is 1. The van der Waals surface area contributed by atoms with Crippen molar-refractivity contribution in [2.75, 3.05) is 0 Å². The second-order valence-corrected chi connectivity index (χ2v) is 12.2. The number of carboxylic acids is 1. The summed E-state index contributed by atoms with van der Waals surface area (Å²) in [4.78, 5) is 34.4. The van der Waals surface area contributed by atoms with Gasteiger partial charge in [-0.25, -0.2) is 9.59 Å². The predicted molar refractivity (Wildman–Crippen MR) is 177 cm³/mol. The van der Waals surface area contributed by atoms with Gasteiger partial charge in [-0.05, 0) is 38.3 Å². The summed E-state index contributed by atoms with van der Waals surface area (Å²) in [6.07, 6.45) is 6.21. The topological polar surface area (TPSA) is 217 Å². The maximum atomic E-state index is 12.1. The Balaban J connectivity index is 2.65. The van der Waals surface area contributed by atoms with E-state index in [1.807, 2.05) is 6.92 Å². The minimum atomic E-state index is -1.69. The van der Waals surface area contributed by atoms with Crippen LogP contribution in [0.2, 0.25) is 0 Å². The summed E-state index contributed by atoms with van der Waals surface area (Å²) in [6.45, 7) is 5.18. The van der Waals surface area contributed by atoms with Crippen LogP contribution in [0, 0.1) is 11.8 Å². The molecular weight excluding hydrogens is 657 g/mol. The summed E-state index contributed by atoms with van der Waals surface area (Å²) in [5, 5.41) is 60.2. The lowest BCUT2D eigenvalue weighted by Gasteiger charge is -2.30. The van der Waals surface area contributed by atoms with Gasteiger partial charge in [-0.15, -0.1) is 11.6 Å². The molecule has 0 radical (unpaired) electrons. The van der Waals surface area contributed by atoms with Gasteiger partial charge in [-0.1, -0.05) is 73.6 Å². The number of allylic oxidation sites excluding steroid dienone is 9. The molecule has 8 N–H and O–H groups in total. The van der Waals surface area contributed by atoms with E-state index >= 15 is 0 Å². The molecule has 0 aromatic rings. The van der Waals surface area contributed by atoms with Crippen LogP contribution >= 0.6 is 23.2 Å². The monoisotopic (exact) mass is 703 g/mol. The second-order valence-electron chi connectivity index (χ2n) is 11.3. The largest absolute Gasteiger partial charge is 0.481 e. The van der Waals surface area contributed by atoms with E-state index in [4.69, 9.17) is 43.5 Å². The zero-order chi connectivity index (χ0) is 35.7. The highest BCUT2D eigenvalue weighted by atomic mass is 35.5. The first-order chi connectivity index (χ1) is 22.1. The van der Waals surface area contributed by atoms with E-state index in [-0.39, 0.29) is 17.9 Å². The molecule has 0 unspecified atom stereocenters. The van der Waals surface area contributed by atoms with E-state index in [0.29, 0.717) is 12.8 Å². The zero-order valence-electron chi connectivity index (χ0n) is 26.6. The smallest absolute Gasteiger partial charge is 0.405 e. The van der Waals surface area contributed by atoms with Gasteiger partial charge in [0.05, 0.1) is 30.3 Å². The van der Waals surface area contributed by atoms with E-state index in [2.05, 4.69) is 0 Å². The summed E-state index contributed by atoms with van der Waals surface area (Å²) >= 11 is 12.5. The van der Waals surface area contributed by atoms with Crippen LogP contribution in [0.15, 0.2) is 71.4 Å². The lowest BCUT2D eigenvalue weighted by atomic mass is 9.85. The van der Waals surface area contributed by atoms with Crippen molar-refractivity contribution in [1.82, 2.24) is 0 Å². The molecule has 1 rings (SSSR count). The average Bonchev–Trinajstić information content (AvgIpc) is 3.02. The Kier molecular flexibility index (Phi) is 19.5. The Morgan fingerprint density at radius 3 is 2.23 bits per heavy atom. The molecule has 0 bridgehead atoms. The van der Waals surface area contributed by atoms with Gasteiger partial charge in [0.2, 0.25) is 0 Å². The molecule has 0 aromatic carbocycles. The summed E-state index contributed by atoms with van der Waals surface area (Å²) in [5.74, 6) is -3.13. The molecule has 0 saturated heterocycles. The number of hydrogen-bond donors (Lipinski definition) is 7. The van der Waals surface area contributed by atoms with Crippen LogP contribution in [0.1, 0.15) is 52.9 Å². The first-order valence-electron chi connectivity index (χ1n) is 15.2. The first-order valence-corrected chi connectivity index (χ1v) is 16.1. The fourth-order valence-corrected chi connectivity index (χ4v) is 5.03. The second kappa shape index (κ2) is 21.8. The van der Waals surface area contributed by atoms with Crippen molar-refractivity contribution >= 4 is 41.2 Å². The van der Waals surface area contributed by atoms with Gasteiger partial charge in [0.15, 0.2) is 0 Å². The van der Waals surface area contributed by atoms with E-state index < -0.39 is 84.4 Å². The highest BCUT2D eigenvalue weighted by molar-refractivity contribution is 6.30. The molecule has 1 aliphatic carbocycles. The number of aliphatic hydroxyl groups excluding tert-OH is 5. The molecular formula is C33H47Cl2NO11. The molecule has 1 aliphatic rings. The number of alkyl halides is 1. The molecule has 47 heavy (non-hydrogen) atoms. The SMILES string of the molecule is CC/C=C/[C@@H](OC(N)=O)[C@@H](Cl)[C@H](O)C[C@@H](O)[C@@H](O)[C@H](O)[C@H](C)/C(Cl)=C/C=C/C=C(C)/C=C/C=C/C(=O)O[C@@H]1C[C@@H](C(=O)O)CC[C@@H]1O. The molecule has 0 spiro atoms. The number of hydrogen-bond acceptors (Lipinski definition) is 10. The standard InChI is InChI=1S/C33H47Cl2NO11/c1-4-5-13-26(47-33(36)45)29(35)24(38)18-25(39)31(42)30(41)20(3)22(34)12-8-6-10-19(2)11-7-9-14-28(40)46-27-17-21(32(43)44)15-16-23(27)37/h5-14,20-21,23-27,29-31,37-39,41-42H,4,15-18H2,1-3H3,(H2,36,45)(H,43,44)/b8-6+,11-7+,13-5+,14-9+,19-10+,22-12-/t20-,21+,23+,24-,25-,26-,27-,29+,30-,31-/m1/s1. The third-order valence-corrected chi connectivity index (χ3v) is 8.48. The molecule has 12 nitrogen and oxygen atoms in total. The van der Waals surface area contributed by atoms with Crippen molar-refractivity contribution in [3.63, 3.8) is 0 Å². The Labute approximate surface area is 285 Å². The number of ether oxygens (including phenoxy) is 2. The number of esters is 1. The predicted octanol–water partition coefficient (Wildman–Crippen LogP) is 3.39. The highest BCUT2D eigenvalue weighted by Crippen LogP contribution is 2.28. The van der Waals surface area contributed by atoms with Gasteiger partial charge < -0.3 is 45.8 Å². The Morgan fingerprint density at radius 1 is 0.979 bits per heavy atom. The molecule has 1 fully saturated rings. The van der Waals surface area contributed by atoms with Gasteiger partial charge in [-0.2, -0.15) is 0 Å². The number of carbonyl (C=O) groups excluding carboxylic acids is 2. The quantitative estimate of drug-likeness (QED) is 0.0361. The average molecular weight is 705 g/mol. The third kappa shape index (κ3) is 15.7. The van der Waals surface area contributed by atoms with Crippen molar-refractivity contribution < 1.29 is 54.5 Å². The lowest BCUT2D eigenvalue weighted by molar-refractivity contribution is -0.159. The molecule has 10 atom stereocenters. The lowest BCUT2D eigenvalue weighted by Crippen LogP contribution is -2.45. The van der Waals surface area contributed by atoms with Gasteiger partial charge in [0.1, 0.15) is 23.7 Å². The maximum Gasteiger partial charge on any atom is 0.405 e. The Morgan fingerprint density at radius 2 is 1.62 bits per heavy atom. The Bertz CT molecular complexity index is 1200. The van der Waals surface area contributed by atoms with Crippen LogP contribution in [0.4, 0.5) is 4.79 Å². The fraction of sp³-hybridized carbons (Fsp3) is 0.545. The normalized spacial score (nSPS) is 24.3. The molecule has 0 aromatic heterocycles. The molecule has 0 heterocycles. The fourth-order valence-electron chi connectivity index (χ4n) is 4.59. The van der Waals surface area contributed by atoms with Crippen LogP contribution in [0.5, 0.6) is 0 Å². The van der Waals surface area contributed by atoms with Gasteiger partial charge in [-0.3, -0.25) is 4.79 Å². The van der Waals surface area contributed by atoms with Crippen molar-refractivity contribution in [2.45, 2.75) is 101 Å². The number of aliphatic hydroxyl groups is 5. The van der Waals surface area contributed by atoms with Crippen LogP contribution in [-0.2, 0) is 19.1 Å². The minimum Gasteiger partial charge on any atom is -0.481 e. The van der Waals surface area contributed by atoms with E-state index in [1.54, 1.807) is 50.3 Å². The van der Waals surface area contributed by atoms with Gasteiger partial charge >= 0.3 is 18.0 Å². The zero-order valence-corrected chi connectivity index (χ0v) is 28.2. The van der Waals surface area contributed by atoms with Crippen molar-refractivity contribution in [1.29, 1.82) is 0 Å². The number of halogens is 2. The third-order valence-electron chi connectivity index (χ3n) is 7.47. The molecule has 1 saturated carbocycles. The Hall–Kier alpha value is -2.97. The summed E-state index contributed by atoms with van der Waals surface area (Å²) in [6, 6.07) is 0. The van der Waals surface area contributed by atoms with Crippen LogP contribution < -0.4 is 5.73 Å². The van der Waals surface area contributed by atoms with E-state index in [0.717, 1.165) is 5.57 Å². The molecule has 264 valence electrons. The van der Waals surface area contributed by atoms with E-state index in [9.17, 15) is 39.9 Å². The van der Waals surface area contributed by atoms with Crippen LogP contribution in [0.3, 0.4) is 0 Å². The van der Waals surface area contributed by atoms with E-state index in [1.165, 1.54) is 24.3 Å². The minimum absolute atomic E-state index is 0.0622. The summed E-state index contributed by atoms with van der Waals surface area (Å²) in [5.41, 5.74) is 5.86. The number of nitrogens with two attached hydrogens (primary N) is 1. The number of carbonyl (C=O) groups is 3. The first kappa shape index (κ1) is 42.1.